The molecule has 4 rings (SSSR count). The summed E-state index contributed by atoms with van der Waals surface area (Å²) < 4.78 is 10.3. The van der Waals surface area contributed by atoms with Gasteiger partial charge >= 0.3 is 5.63 Å². The summed E-state index contributed by atoms with van der Waals surface area (Å²) >= 11 is 5.89. The highest BCUT2D eigenvalue weighted by atomic mass is 35.5. The fourth-order valence-electron chi connectivity index (χ4n) is 2.46. The van der Waals surface area contributed by atoms with Crippen molar-refractivity contribution in [3.8, 4) is 11.5 Å². The summed E-state index contributed by atoms with van der Waals surface area (Å²) in [5.74, 6) is 0.0543. The van der Waals surface area contributed by atoms with Crippen LogP contribution in [0.1, 0.15) is 10.6 Å². The number of hydrogen-bond donors (Lipinski definition) is 1. The summed E-state index contributed by atoms with van der Waals surface area (Å²) in [7, 11) is 0. The van der Waals surface area contributed by atoms with Crippen molar-refractivity contribution in [2.45, 2.75) is 0 Å². The minimum absolute atomic E-state index is 0.189. The van der Waals surface area contributed by atoms with Gasteiger partial charge in [0.25, 0.3) is 5.91 Å². The summed E-state index contributed by atoms with van der Waals surface area (Å²) in [6, 6.07) is 14.8. The van der Waals surface area contributed by atoms with Crippen molar-refractivity contribution in [2.24, 2.45) is 0 Å². The van der Waals surface area contributed by atoms with Crippen LogP contribution in [0.4, 0.5) is 5.69 Å². The van der Waals surface area contributed by atoms with E-state index in [0.717, 1.165) is 0 Å². The molecule has 2 aromatic heterocycles. The SMILES string of the molecule is O=C(Nc1ccc(-c2nc3ccc(Cl)cc3c(=O)o2)cc1)c1ccco1. The van der Waals surface area contributed by atoms with Crippen LogP contribution in [0.25, 0.3) is 22.4 Å². The van der Waals surface area contributed by atoms with E-state index in [-0.39, 0.29) is 17.6 Å². The second-order valence-corrected chi connectivity index (χ2v) is 5.91. The third-order valence-electron chi connectivity index (χ3n) is 3.72. The molecule has 1 amide bonds. The lowest BCUT2D eigenvalue weighted by atomic mass is 10.2. The molecule has 0 radical (unpaired) electrons. The molecule has 6 nitrogen and oxygen atoms in total. The van der Waals surface area contributed by atoms with Crippen LogP contribution in [0, 0.1) is 0 Å². The van der Waals surface area contributed by atoms with Crippen LogP contribution >= 0.6 is 11.6 Å². The Kier molecular flexibility index (Phi) is 4.02. The number of halogens is 1. The number of hydrogen-bond acceptors (Lipinski definition) is 5. The molecule has 1 N–H and O–H groups in total. The lowest BCUT2D eigenvalue weighted by Gasteiger charge is -2.05. The first-order valence-electron chi connectivity index (χ1n) is 7.66. The van der Waals surface area contributed by atoms with Crippen LogP contribution in [-0.4, -0.2) is 10.9 Å². The van der Waals surface area contributed by atoms with Crippen molar-refractivity contribution >= 4 is 34.1 Å². The molecule has 0 saturated carbocycles. The molecule has 0 unspecified atom stereocenters. The van der Waals surface area contributed by atoms with Gasteiger partial charge in [-0.2, -0.15) is 0 Å². The van der Waals surface area contributed by atoms with Gasteiger partial charge in [-0.25, -0.2) is 9.78 Å². The van der Waals surface area contributed by atoms with Crippen LogP contribution in [0.5, 0.6) is 0 Å². The van der Waals surface area contributed by atoms with E-state index in [4.69, 9.17) is 20.4 Å². The largest absolute Gasteiger partial charge is 0.459 e. The van der Waals surface area contributed by atoms with E-state index in [1.807, 2.05) is 0 Å². The number of aromatic nitrogens is 1. The summed E-state index contributed by atoms with van der Waals surface area (Å²) in [4.78, 5) is 28.4. The number of carbonyl (C=O) groups is 1. The molecule has 0 bridgehead atoms. The quantitative estimate of drug-likeness (QED) is 0.582. The Hall–Kier alpha value is -3.38. The Bertz CT molecular complexity index is 1150. The van der Waals surface area contributed by atoms with Crippen LogP contribution in [0.15, 0.2) is 74.5 Å². The molecule has 2 heterocycles. The van der Waals surface area contributed by atoms with E-state index in [1.165, 1.54) is 12.3 Å². The van der Waals surface area contributed by atoms with Crippen molar-refractivity contribution in [3.63, 3.8) is 0 Å². The maximum atomic E-state index is 12.1. The molecular formula is C19H11ClN2O4. The zero-order chi connectivity index (χ0) is 18.1. The van der Waals surface area contributed by atoms with Crippen molar-refractivity contribution < 1.29 is 13.6 Å². The Morgan fingerprint density at radius 1 is 1.08 bits per heavy atom. The second-order valence-electron chi connectivity index (χ2n) is 5.48. The van der Waals surface area contributed by atoms with Gasteiger partial charge in [-0.3, -0.25) is 4.79 Å². The van der Waals surface area contributed by atoms with E-state index < -0.39 is 5.63 Å². The second kappa shape index (κ2) is 6.50. The van der Waals surface area contributed by atoms with Gasteiger partial charge in [0.2, 0.25) is 5.89 Å². The van der Waals surface area contributed by atoms with Gasteiger partial charge in [0.15, 0.2) is 5.76 Å². The lowest BCUT2D eigenvalue weighted by molar-refractivity contribution is 0.0996. The van der Waals surface area contributed by atoms with Gasteiger partial charge in [-0.15, -0.1) is 0 Å². The van der Waals surface area contributed by atoms with Crippen molar-refractivity contribution in [2.75, 3.05) is 5.32 Å². The minimum Gasteiger partial charge on any atom is -0.459 e. The first-order valence-corrected chi connectivity index (χ1v) is 8.04. The Labute approximate surface area is 152 Å². The smallest absolute Gasteiger partial charge is 0.347 e. The molecule has 4 aromatic rings. The monoisotopic (exact) mass is 366 g/mol. The number of rotatable bonds is 3. The average Bonchev–Trinajstić information content (AvgIpc) is 3.18. The van der Waals surface area contributed by atoms with Gasteiger partial charge in [0.05, 0.1) is 17.2 Å². The van der Waals surface area contributed by atoms with Gasteiger partial charge in [0, 0.05) is 16.3 Å². The third kappa shape index (κ3) is 3.10. The topological polar surface area (TPSA) is 85.3 Å². The first-order chi connectivity index (χ1) is 12.6. The van der Waals surface area contributed by atoms with E-state index in [0.29, 0.717) is 27.2 Å². The van der Waals surface area contributed by atoms with Gasteiger partial charge in [0.1, 0.15) is 0 Å². The normalized spacial score (nSPS) is 10.8. The molecular weight excluding hydrogens is 356 g/mol. The zero-order valence-corrected chi connectivity index (χ0v) is 14.0. The average molecular weight is 367 g/mol. The number of fused-ring (bicyclic) bond motifs is 1. The maximum Gasteiger partial charge on any atom is 0.347 e. The van der Waals surface area contributed by atoms with Crippen LogP contribution in [0.2, 0.25) is 5.02 Å². The highest BCUT2D eigenvalue weighted by Gasteiger charge is 2.11. The molecule has 0 aliphatic carbocycles. The number of nitrogens with zero attached hydrogens (tertiary/aromatic N) is 1. The van der Waals surface area contributed by atoms with Gasteiger partial charge in [-0.05, 0) is 54.6 Å². The fraction of sp³-hybridized carbons (Fsp3) is 0. The van der Waals surface area contributed by atoms with E-state index in [9.17, 15) is 9.59 Å². The molecule has 0 aliphatic rings. The number of benzene rings is 2. The van der Waals surface area contributed by atoms with Gasteiger partial charge < -0.3 is 14.2 Å². The summed E-state index contributed by atoms with van der Waals surface area (Å²) in [6.45, 7) is 0. The summed E-state index contributed by atoms with van der Waals surface area (Å²) in [5.41, 5.74) is 1.17. The number of carbonyl (C=O) groups excluding carboxylic acids is 1. The van der Waals surface area contributed by atoms with E-state index in [2.05, 4.69) is 10.3 Å². The first kappa shape index (κ1) is 16.1. The summed E-state index contributed by atoms with van der Waals surface area (Å²) in [6.07, 6.45) is 1.43. The van der Waals surface area contributed by atoms with Crippen molar-refractivity contribution in [1.82, 2.24) is 4.98 Å². The maximum absolute atomic E-state index is 12.1. The molecule has 2 aromatic carbocycles. The lowest BCUT2D eigenvalue weighted by Crippen LogP contribution is -2.10. The fourth-order valence-corrected chi connectivity index (χ4v) is 2.64. The predicted molar refractivity (Wildman–Crippen MR) is 97.4 cm³/mol. The number of amides is 1. The standard InChI is InChI=1S/C19H11ClN2O4/c20-12-5-8-15-14(10-12)19(24)26-18(22-15)11-3-6-13(7-4-11)21-17(23)16-2-1-9-25-16/h1-10H,(H,21,23). The minimum atomic E-state index is -0.511. The van der Waals surface area contributed by atoms with Crippen molar-refractivity contribution in [1.29, 1.82) is 0 Å². The predicted octanol–water partition coefficient (Wildman–Crippen LogP) is 4.35. The molecule has 0 spiro atoms. The highest BCUT2D eigenvalue weighted by Crippen LogP contribution is 2.22. The molecule has 0 aliphatic heterocycles. The van der Waals surface area contributed by atoms with E-state index in [1.54, 1.807) is 48.5 Å². The number of nitrogens with one attached hydrogen (secondary N) is 1. The number of furan rings is 1. The molecule has 0 saturated heterocycles. The summed E-state index contributed by atoms with van der Waals surface area (Å²) in [5, 5.41) is 3.47. The van der Waals surface area contributed by atoms with Gasteiger partial charge in [-0.1, -0.05) is 11.6 Å². The van der Waals surface area contributed by atoms with Crippen LogP contribution in [0.3, 0.4) is 0 Å². The molecule has 0 fully saturated rings. The van der Waals surface area contributed by atoms with Crippen LogP contribution in [-0.2, 0) is 0 Å². The molecule has 0 atom stereocenters. The van der Waals surface area contributed by atoms with E-state index >= 15 is 0 Å². The highest BCUT2D eigenvalue weighted by molar-refractivity contribution is 6.31. The Morgan fingerprint density at radius 3 is 2.62 bits per heavy atom. The molecule has 26 heavy (non-hydrogen) atoms. The zero-order valence-electron chi connectivity index (χ0n) is 13.2. The molecule has 128 valence electrons. The van der Waals surface area contributed by atoms with Crippen molar-refractivity contribution in [3.05, 3.63) is 82.1 Å². The Morgan fingerprint density at radius 2 is 1.88 bits per heavy atom. The van der Waals surface area contributed by atoms with Crippen LogP contribution < -0.4 is 10.9 Å². The number of anilines is 1. The third-order valence-corrected chi connectivity index (χ3v) is 3.96. The molecule has 7 heteroatoms. The Balaban J connectivity index is 1.62.